The normalized spacial score (nSPS) is 25.9. The van der Waals surface area contributed by atoms with Crippen molar-refractivity contribution in [1.29, 1.82) is 0 Å². The Labute approximate surface area is 124 Å². The molecule has 3 atom stereocenters. The number of ketones is 1. The number of carbonyl (C=O) groups excluding carboxylic acids is 1. The molecule has 0 aliphatic carbocycles. The van der Waals surface area contributed by atoms with Gasteiger partial charge in [0.15, 0.2) is 5.78 Å². The Morgan fingerprint density at radius 2 is 2.19 bits per heavy atom. The maximum absolute atomic E-state index is 11.6. The molecule has 0 fully saturated rings. The molecule has 1 unspecified atom stereocenters. The summed E-state index contributed by atoms with van der Waals surface area (Å²) in [5.41, 5.74) is 1.50. The molecule has 0 bridgehead atoms. The number of ether oxygens (including phenoxy) is 1. The van der Waals surface area contributed by atoms with Crippen LogP contribution in [0, 0.1) is 12.8 Å². The number of aromatic hydroxyl groups is 1. The fourth-order valence-corrected chi connectivity index (χ4v) is 2.87. The van der Waals surface area contributed by atoms with E-state index in [0.717, 1.165) is 0 Å². The smallest absolute Gasteiger partial charge is 0.213 e. The standard InChI is InChI=1S/C16H22O5/c1-8-5-12(11(4)18)14(19)13-6-9(2)16(20,7-10(3)17)21-15(8)13/h5,9-10,17,19-20H,6-7H2,1-4H3/t9-,10?,16+/m1/s1. The van der Waals surface area contributed by atoms with E-state index in [1.165, 1.54) is 6.92 Å². The number of Topliss-reactive ketones (excluding diaryl/α,β-unsaturated/α-hetero) is 1. The average molecular weight is 294 g/mol. The topological polar surface area (TPSA) is 87.0 Å². The third-order valence-corrected chi connectivity index (χ3v) is 4.06. The van der Waals surface area contributed by atoms with E-state index in [2.05, 4.69) is 0 Å². The van der Waals surface area contributed by atoms with Crippen LogP contribution < -0.4 is 4.74 Å². The summed E-state index contributed by atoms with van der Waals surface area (Å²) in [4.78, 5) is 11.6. The van der Waals surface area contributed by atoms with E-state index in [9.17, 15) is 20.1 Å². The van der Waals surface area contributed by atoms with Crippen LogP contribution in [0.15, 0.2) is 6.07 Å². The fraction of sp³-hybridized carbons (Fsp3) is 0.562. The highest BCUT2D eigenvalue weighted by atomic mass is 16.6. The molecule has 0 saturated heterocycles. The zero-order valence-electron chi connectivity index (χ0n) is 12.8. The monoisotopic (exact) mass is 294 g/mol. The summed E-state index contributed by atoms with van der Waals surface area (Å²) < 4.78 is 5.71. The Bertz CT molecular complexity index is 579. The highest BCUT2D eigenvalue weighted by molar-refractivity contribution is 5.97. The van der Waals surface area contributed by atoms with Crippen LogP contribution in [0.4, 0.5) is 0 Å². The summed E-state index contributed by atoms with van der Waals surface area (Å²) in [6, 6.07) is 1.56. The van der Waals surface area contributed by atoms with Gasteiger partial charge in [-0.15, -0.1) is 0 Å². The molecule has 1 aliphatic rings. The average Bonchev–Trinajstić information content (AvgIpc) is 2.35. The number of phenolic OH excluding ortho intramolecular Hbond substituents is 1. The first-order valence-corrected chi connectivity index (χ1v) is 7.11. The molecule has 21 heavy (non-hydrogen) atoms. The second kappa shape index (κ2) is 5.31. The van der Waals surface area contributed by atoms with E-state index in [-0.39, 0.29) is 29.4 Å². The third-order valence-electron chi connectivity index (χ3n) is 4.06. The number of benzene rings is 1. The molecule has 0 radical (unpaired) electrons. The number of aliphatic hydroxyl groups is 2. The minimum Gasteiger partial charge on any atom is -0.507 e. The molecule has 1 heterocycles. The molecule has 1 aromatic carbocycles. The molecular weight excluding hydrogens is 272 g/mol. The summed E-state index contributed by atoms with van der Waals surface area (Å²) in [6.07, 6.45) is -0.237. The second-order valence-electron chi connectivity index (χ2n) is 6.06. The van der Waals surface area contributed by atoms with Crippen molar-refractivity contribution < 1.29 is 24.9 Å². The van der Waals surface area contributed by atoms with Crippen molar-refractivity contribution in [2.24, 2.45) is 5.92 Å². The lowest BCUT2D eigenvalue weighted by Crippen LogP contribution is -2.48. The predicted octanol–water partition coefficient (Wildman–Crippen LogP) is 1.93. The number of aliphatic hydroxyl groups excluding tert-OH is 1. The number of phenols is 1. The van der Waals surface area contributed by atoms with Gasteiger partial charge in [-0.25, -0.2) is 0 Å². The molecule has 1 aliphatic heterocycles. The van der Waals surface area contributed by atoms with Gasteiger partial charge in [-0.2, -0.15) is 0 Å². The zero-order chi connectivity index (χ0) is 15.9. The molecule has 0 saturated carbocycles. The summed E-state index contributed by atoms with van der Waals surface area (Å²) in [6.45, 7) is 6.55. The van der Waals surface area contributed by atoms with Gasteiger partial charge >= 0.3 is 0 Å². The van der Waals surface area contributed by atoms with Crippen molar-refractivity contribution in [3.05, 3.63) is 22.8 Å². The van der Waals surface area contributed by atoms with Crippen molar-refractivity contribution in [2.75, 3.05) is 0 Å². The third kappa shape index (κ3) is 2.76. The molecule has 5 heteroatoms. The van der Waals surface area contributed by atoms with E-state index in [0.29, 0.717) is 23.3 Å². The minimum absolute atomic E-state index is 0.0750. The second-order valence-corrected chi connectivity index (χ2v) is 6.06. The maximum Gasteiger partial charge on any atom is 0.213 e. The number of rotatable bonds is 3. The Balaban J connectivity index is 2.51. The Morgan fingerprint density at radius 3 is 2.71 bits per heavy atom. The van der Waals surface area contributed by atoms with Gasteiger partial charge in [0.2, 0.25) is 5.79 Å². The van der Waals surface area contributed by atoms with Crippen LogP contribution in [0.1, 0.15) is 48.7 Å². The van der Waals surface area contributed by atoms with Crippen molar-refractivity contribution >= 4 is 5.78 Å². The van der Waals surface area contributed by atoms with E-state index in [1.54, 1.807) is 26.8 Å². The number of hydrogen-bond donors (Lipinski definition) is 3. The molecule has 2 rings (SSSR count). The van der Waals surface area contributed by atoms with Gasteiger partial charge in [-0.05, 0) is 38.8 Å². The van der Waals surface area contributed by atoms with Gasteiger partial charge in [0.05, 0.1) is 11.7 Å². The van der Waals surface area contributed by atoms with Crippen molar-refractivity contribution in [2.45, 2.75) is 52.4 Å². The van der Waals surface area contributed by atoms with Crippen LogP contribution >= 0.6 is 0 Å². The quantitative estimate of drug-likeness (QED) is 0.742. The van der Waals surface area contributed by atoms with E-state index in [4.69, 9.17) is 4.74 Å². The molecule has 0 amide bonds. The predicted molar refractivity (Wildman–Crippen MR) is 77.6 cm³/mol. The molecule has 0 spiro atoms. The summed E-state index contributed by atoms with van der Waals surface area (Å²) in [5, 5.41) is 30.4. The Morgan fingerprint density at radius 1 is 1.57 bits per heavy atom. The maximum atomic E-state index is 11.6. The van der Waals surface area contributed by atoms with Gasteiger partial charge in [0.1, 0.15) is 11.5 Å². The summed E-state index contributed by atoms with van der Waals surface area (Å²) in [7, 11) is 0. The number of hydrogen-bond acceptors (Lipinski definition) is 5. The Kier molecular flexibility index (Phi) is 4.00. The largest absolute Gasteiger partial charge is 0.507 e. The Hall–Kier alpha value is -1.59. The first-order chi connectivity index (χ1) is 9.65. The molecule has 116 valence electrons. The fourth-order valence-electron chi connectivity index (χ4n) is 2.87. The van der Waals surface area contributed by atoms with E-state index >= 15 is 0 Å². The van der Waals surface area contributed by atoms with Gasteiger partial charge in [0, 0.05) is 17.9 Å². The zero-order valence-corrected chi connectivity index (χ0v) is 12.8. The number of fused-ring (bicyclic) bond motifs is 1. The molecule has 0 aromatic heterocycles. The number of carbonyl (C=O) groups is 1. The summed E-state index contributed by atoms with van der Waals surface area (Å²) in [5.74, 6) is -1.67. The summed E-state index contributed by atoms with van der Waals surface area (Å²) >= 11 is 0. The lowest BCUT2D eigenvalue weighted by atomic mass is 9.84. The van der Waals surface area contributed by atoms with Crippen LogP contribution in [-0.4, -0.2) is 33.0 Å². The first-order valence-electron chi connectivity index (χ1n) is 7.11. The van der Waals surface area contributed by atoms with E-state index < -0.39 is 11.9 Å². The molecule has 5 nitrogen and oxygen atoms in total. The van der Waals surface area contributed by atoms with E-state index in [1.807, 2.05) is 0 Å². The van der Waals surface area contributed by atoms with Gasteiger partial charge in [-0.3, -0.25) is 4.79 Å². The van der Waals surface area contributed by atoms with Gasteiger partial charge in [-0.1, -0.05) is 6.92 Å². The van der Waals surface area contributed by atoms with Crippen LogP contribution in [0.3, 0.4) is 0 Å². The lowest BCUT2D eigenvalue weighted by molar-refractivity contribution is -0.199. The molecular formula is C16H22O5. The van der Waals surface area contributed by atoms with Gasteiger partial charge in [0.25, 0.3) is 0 Å². The SMILES string of the molecule is CC(=O)c1cc(C)c2c(c1O)C[C@@H](C)[C@](O)(CC(C)O)O2. The highest BCUT2D eigenvalue weighted by Gasteiger charge is 2.43. The lowest BCUT2D eigenvalue weighted by Gasteiger charge is -2.41. The molecule has 3 N–H and O–H groups in total. The molecule has 1 aromatic rings. The number of aryl methyl sites for hydroxylation is 1. The van der Waals surface area contributed by atoms with Crippen molar-refractivity contribution in [3.63, 3.8) is 0 Å². The van der Waals surface area contributed by atoms with Crippen LogP contribution in [0.5, 0.6) is 11.5 Å². The van der Waals surface area contributed by atoms with Crippen molar-refractivity contribution in [1.82, 2.24) is 0 Å². The van der Waals surface area contributed by atoms with Crippen LogP contribution in [0.25, 0.3) is 0 Å². The first kappa shape index (κ1) is 15.8. The highest BCUT2D eigenvalue weighted by Crippen LogP contribution is 2.45. The minimum atomic E-state index is -1.48. The van der Waals surface area contributed by atoms with Crippen molar-refractivity contribution in [3.8, 4) is 11.5 Å². The van der Waals surface area contributed by atoms with Gasteiger partial charge < -0.3 is 20.1 Å². The van der Waals surface area contributed by atoms with Crippen LogP contribution in [0.2, 0.25) is 0 Å². The van der Waals surface area contributed by atoms with Crippen LogP contribution in [-0.2, 0) is 6.42 Å².